The molecule has 0 radical (unpaired) electrons. The Morgan fingerprint density at radius 2 is 2.32 bits per heavy atom. The van der Waals surface area contributed by atoms with Crippen LogP contribution in [0.5, 0.6) is 5.75 Å². The number of amides is 1. The third-order valence-corrected chi connectivity index (χ3v) is 3.06. The molecule has 1 heterocycles. The molecule has 0 spiro atoms. The van der Waals surface area contributed by atoms with E-state index in [0.29, 0.717) is 28.9 Å². The Kier molecular flexibility index (Phi) is 4.82. The highest BCUT2D eigenvalue weighted by molar-refractivity contribution is 7.99. The number of hydrazine groups is 1. The van der Waals surface area contributed by atoms with Crippen LogP contribution in [-0.4, -0.2) is 23.3 Å². The number of oxazole rings is 1. The lowest BCUT2D eigenvalue weighted by Crippen LogP contribution is -2.30. The molecule has 2 rings (SSSR count). The molecule has 0 aliphatic carbocycles. The van der Waals surface area contributed by atoms with E-state index < -0.39 is 0 Å². The van der Waals surface area contributed by atoms with Crippen LogP contribution in [0.4, 0.5) is 0 Å². The highest BCUT2D eigenvalue weighted by atomic mass is 32.2. The molecule has 0 saturated heterocycles. The lowest BCUT2D eigenvalue weighted by Gasteiger charge is -2.09. The number of hydrogen-bond acceptors (Lipinski definition) is 6. The molecule has 0 saturated carbocycles. The van der Waals surface area contributed by atoms with Crippen molar-refractivity contribution in [3.05, 3.63) is 42.3 Å². The van der Waals surface area contributed by atoms with Crippen molar-refractivity contribution in [1.29, 1.82) is 0 Å². The van der Waals surface area contributed by atoms with Gasteiger partial charge in [-0.3, -0.25) is 10.2 Å². The van der Waals surface area contributed by atoms with Crippen LogP contribution in [0.3, 0.4) is 0 Å². The van der Waals surface area contributed by atoms with Gasteiger partial charge >= 0.3 is 0 Å². The summed E-state index contributed by atoms with van der Waals surface area (Å²) < 4.78 is 10.6. The largest absolute Gasteiger partial charge is 0.492 e. The molecule has 0 aliphatic rings. The zero-order chi connectivity index (χ0) is 13.5. The molecule has 7 heteroatoms. The first-order chi connectivity index (χ1) is 9.31. The number of thioether (sulfide) groups is 1. The lowest BCUT2D eigenvalue weighted by molar-refractivity contribution is 0.0950. The molecule has 3 N–H and O–H groups in total. The summed E-state index contributed by atoms with van der Waals surface area (Å²) in [6.07, 6.45) is 3.11. The third kappa shape index (κ3) is 3.73. The number of para-hydroxylation sites is 1. The number of nitrogens with one attached hydrogen (secondary N) is 1. The lowest BCUT2D eigenvalue weighted by atomic mass is 10.2. The van der Waals surface area contributed by atoms with Crippen molar-refractivity contribution >= 4 is 17.7 Å². The van der Waals surface area contributed by atoms with E-state index >= 15 is 0 Å². The summed E-state index contributed by atoms with van der Waals surface area (Å²) in [6.45, 7) is 0.432. The van der Waals surface area contributed by atoms with Gasteiger partial charge in [0.1, 0.15) is 12.0 Å². The van der Waals surface area contributed by atoms with Gasteiger partial charge < -0.3 is 9.15 Å². The zero-order valence-corrected chi connectivity index (χ0v) is 10.9. The Morgan fingerprint density at radius 1 is 1.47 bits per heavy atom. The number of rotatable bonds is 6. The van der Waals surface area contributed by atoms with Crippen LogP contribution in [0.1, 0.15) is 10.4 Å². The van der Waals surface area contributed by atoms with E-state index in [0.717, 1.165) is 0 Å². The Labute approximate surface area is 114 Å². The van der Waals surface area contributed by atoms with Gasteiger partial charge in [-0.05, 0) is 12.1 Å². The number of nitrogens with zero attached hydrogens (tertiary/aromatic N) is 1. The summed E-state index contributed by atoms with van der Waals surface area (Å²) in [6, 6.07) is 6.92. The highest BCUT2D eigenvalue weighted by Crippen LogP contribution is 2.19. The fourth-order valence-electron chi connectivity index (χ4n) is 1.42. The van der Waals surface area contributed by atoms with Gasteiger partial charge in [0.15, 0.2) is 0 Å². The first-order valence-corrected chi connectivity index (χ1v) is 6.55. The average Bonchev–Trinajstić information content (AvgIpc) is 2.96. The van der Waals surface area contributed by atoms with E-state index in [1.165, 1.54) is 18.0 Å². The van der Waals surface area contributed by atoms with E-state index in [1.807, 2.05) is 0 Å². The van der Waals surface area contributed by atoms with Crippen LogP contribution in [0, 0.1) is 0 Å². The van der Waals surface area contributed by atoms with Gasteiger partial charge in [-0.2, -0.15) is 0 Å². The molecule has 100 valence electrons. The van der Waals surface area contributed by atoms with Crippen molar-refractivity contribution in [1.82, 2.24) is 10.4 Å². The van der Waals surface area contributed by atoms with Crippen LogP contribution in [-0.2, 0) is 0 Å². The normalized spacial score (nSPS) is 10.2. The number of carbonyl (C=O) groups is 1. The van der Waals surface area contributed by atoms with E-state index in [2.05, 4.69) is 10.4 Å². The first kappa shape index (κ1) is 13.4. The van der Waals surface area contributed by atoms with Crippen LogP contribution in [0.15, 0.2) is 46.4 Å². The summed E-state index contributed by atoms with van der Waals surface area (Å²) in [5.74, 6) is 5.90. The van der Waals surface area contributed by atoms with Crippen LogP contribution >= 0.6 is 11.8 Å². The molecule has 0 fully saturated rings. The maximum absolute atomic E-state index is 11.5. The number of nitrogens with two attached hydrogens (primary N) is 1. The molecule has 1 aromatic heterocycles. The molecule has 0 unspecified atom stereocenters. The standard InChI is InChI=1S/C12H13N3O3S/c13-15-11(16)9-3-1-2-4-10(9)17-7-8-19-12-14-5-6-18-12/h1-6H,7-8,13H2,(H,15,16). The van der Waals surface area contributed by atoms with E-state index in [1.54, 1.807) is 30.5 Å². The second-order valence-electron chi connectivity index (χ2n) is 3.46. The van der Waals surface area contributed by atoms with Crippen molar-refractivity contribution in [2.45, 2.75) is 5.22 Å². The van der Waals surface area contributed by atoms with Gasteiger partial charge in [-0.1, -0.05) is 23.9 Å². The maximum Gasteiger partial charge on any atom is 0.268 e. The van der Waals surface area contributed by atoms with Crippen molar-refractivity contribution in [3.63, 3.8) is 0 Å². The number of aromatic nitrogens is 1. The minimum Gasteiger partial charge on any atom is -0.492 e. The number of ether oxygens (including phenoxy) is 1. The molecule has 0 bridgehead atoms. The Hall–Kier alpha value is -1.99. The van der Waals surface area contributed by atoms with Crippen molar-refractivity contribution < 1.29 is 13.9 Å². The third-order valence-electron chi connectivity index (χ3n) is 2.24. The number of carbonyl (C=O) groups excluding carboxylic acids is 1. The summed E-state index contributed by atoms with van der Waals surface area (Å²) in [4.78, 5) is 15.5. The topological polar surface area (TPSA) is 90.4 Å². The molecule has 1 amide bonds. The molecule has 2 aromatic rings. The predicted octanol–water partition coefficient (Wildman–Crippen LogP) is 1.45. The second kappa shape index (κ2) is 6.81. The molecule has 6 nitrogen and oxygen atoms in total. The molecule has 0 aliphatic heterocycles. The van der Waals surface area contributed by atoms with Crippen molar-refractivity contribution in [2.75, 3.05) is 12.4 Å². The van der Waals surface area contributed by atoms with Gasteiger partial charge in [0, 0.05) is 5.75 Å². The highest BCUT2D eigenvalue weighted by Gasteiger charge is 2.10. The van der Waals surface area contributed by atoms with Gasteiger partial charge in [0.05, 0.1) is 18.4 Å². The first-order valence-electron chi connectivity index (χ1n) is 5.56. The van der Waals surface area contributed by atoms with E-state index in [-0.39, 0.29) is 5.91 Å². The Morgan fingerprint density at radius 3 is 3.05 bits per heavy atom. The van der Waals surface area contributed by atoms with Gasteiger partial charge in [-0.15, -0.1) is 0 Å². The monoisotopic (exact) mass is 279 g/mol. The van der Waals surface area contributed by atoms with Crippen LogP contribution in [0.2, 0.25) is 0 Å². The molecule has 1 aromatic carbocycles. The fraction of sp³-hybridized carbons (Fsp3) is 0.167. The minimum atomic E-state index is -0.379. The fourth-order valence-corrected chi connectivity index (χ4v) is 2.02. The summed E-state index contributed by atoms with van der Waals surface area (Å²) in [5, 5.41) is 0.594. The van der Waals surface area contributed by atoms with Crippen molar-refractivity contribution in [3.8, 4) is 5.75 Å². The quantitative estimate of drug-likeness (QED) is 0.273. The Balaban J connectivity index is 1.87. The molecule has 19 heavy (non-hydrogen) atoms. The zero-order valence-electron chi connectivity index (χ0n) is 10.0. The molecular weight excluding hydrogens is 266 g/mol. The minimum absolute atomic E-state index is 0.379. The number of nitrogen functional groups attached to an aromatic ring is 1. The number of benzene rings is 1. The van der Waals surface area contributed by atoms with E-state index in [9.17, 15) is 4.79 Å². The predicted molar refractivity (Wildman–Crippen MR) is 70.8 cm³/mol. The van der Waals surface area contributed by atoms with Gasteiger partial charge in [0.25, 0.3) is 11.1 Å². The SMILES string of the molecule is NNC(=O)c1ccccc1OCCSc1ncco1. The van der Waals surface area contributed by atoms with Crippen LogP contribution < -0.4 is 16.0 Å². The average molecular weight is 279 g/mol. The Bertz CT molecular complexity index is 531. The van der Waals surface area contributed by atoms with Gasteiger partial charge in [0.2, 0.25) is 0 Å². The van der Waals surface area contributed by atoms with Crippen LogP contribution in [0.25, 0.3) is 0 Å². The summed E-state index contributed by atoms with van der Waals surface area (Å²) >= 11 is 1.44. The van der Waals surface area contributed by atoms with E-state index in [4.69, 9.17) is 15.0 Å². The second-order valence-corrected chi connectivity index (χ2v) is 4.51. The van der Waals surface area contributed by atoms with Gasteiger partial charge in [-0.25, -0.2) is 10.8 Å². The molecular formula is C12H13N3O3S. The number of hydrogen-bond donors (Lipinski definition) is 2. The summed E-state index contributed by atoms with van der Waals surface area (Å²) in [5.41, 5.74) is 2.49. The maximum atomic E-state index is 11.5. The molecule has 0 atom stereocenters. The van der Waals surface area contributed by atoms with Crippen molar-refractivity contribution in [2.24, 2.45) is 5.84 Å². The smallest absolute Gasteiger partial charge is 0.268 e. The summed E-state index contributed by atoms with van der Waals surface area (Å²) in [7, 11) is 0.